The highest BCUT2D eigenvalue weighted by Crippen LogP contribution is 2.23. The Morgan fingerprint density at radius 2 is 1.71 bits per heavy atom. The average molecular weight is 471 g/mol. The molecule has 0 aliphatic rings. The van der Waals surface area contributed by atoms with E-state index in [2.05, 4.69) is 10.3 Å². The summed E-state index contributed by atoms with van der Waals surface area (Å²) in [5, 5.41) is 2.95. The van der Waals surface area contributed by atoms with Gasteiger partial charge in [0.25, 0.3) is 5.91 Å². The first-order valence-electron chi connectivity index (χ1n) is 11.5. The van der Waals surface area contributed by atoms with Gasteiger partial charge in [0.05, 0.1) is 17.8 Å². The zero-order chi connectivity index (χ0) is 25.1. The number of aromatic nitrogens is 2. The third-order valence-electron chi connectivity index (χ3n) is 5.89. The molecular weight excluding hydrogens is 440 g/mol. The van der Waals surface area contributed by atoms with Gasteiger partial charge in [-0.15, -0.1) is 0 Å². The van der Waals surface area contributed by atoms with E-state index in [0.29, 0.717) is 11.3 Å². The predicted octanol–water partition coefficient (Wildman–Crippen LogP) is 4.86. The van der Waals surface area contributed by atoms with Gasteiger partial charge >= 0.3 is 0 Å². The molecule has 35 heavy (non-hydrogen) atoms. The van der Waals surface area contributed by atoms with Crippen molar-refractivity contribution in [3.63, 3.8) is 0 Å². The van der Waals surface area contributed by atoms with Gasteiger partial charge in [-0.25, -0.2) is 4.98 Å². The van der Waals surface area contributed by atoms with Gasteiger partial charge in [-0.05, 0) is 62.6 Å². The van der Waals surface area contributed by atoms with Crippen molar-refractivity contribution < 1.29 is 14.3 Å². The highest BCUT2D eigenvalue weighted by atomic mass is 16.5. The molecule has 1 N–H and O–H groups in total. The van der Waals surface area contributed by atoms with E-state index in [1.54, 1.807) is 25.2 Å². The van der Waals surface area contributed by atoms with E-state index < -0.39 is 0 Å². The average Bonchev–Trinajstić information content (AvgIpc) is 3.24. The summed E-state index contributed by atoms with van der Waals surface area (Å²) >= 11 is 0. The summed E-state index contributed by atoms with van der Waals surface area (Å²) in [6, 6.07) is 15.1. The second-order valence-electron chi connectivity index (χ2n) is 8.92. The summed E-state index contributed by atoms with van der Waals surface area (Å²) in [6.45, 7) is 8.10. The van der Waals surface area contributed by atoms with Crippen molar-refractivity contribution in [1.82, 2.24) is 14.3 Å². The summed E-state index contributed by atoms with van der Waals surface area (Å²) in [6.07, 6.45) is 3.86. The molecule has 2 heterocycles. The van der Waals surface area contributed by atoms with E-state index in [1.807, 2.05) is 74.8 Å². The maximum Gasteiger partial charge on any atom is 0.257 e. The van der Waals surface area contributed by atoms with Gasteiger partial charge < -0.3 is 19.4 Å². The number of aryl methyl sites for hydroxylation is 4. The number of amides is 2. The highest BCUT2D eigenvalue weighted by molar-refractivity contribution is 6.01. The van der Waals surface area contributed by atoms with Crippen LogP contribution in [-0.4, -0.2) is 39.7 Å². The van der Waals surface area contributed by atoms with Crippen molar-refractivity contribution in [3.05, 3.63) is 94.4 Å². The molecule has 0 saturated heterocycles. The molecule has 2 amide bonds. The van der Waals surface area contributed by atoms with Crippen LogP contribution in [0.5, 0.6) is 5.75 Å². The number of nitrogens with one attached hydrogen (secondary N) is 1. The summed E-state index contributed by atoms with van der Waals surface area (Å²) < 4.78 is 7.94. The number of anilines is 1. The number of carbonyl (C=O) groups excluding carboxylic acids is 2. The zero-order valence-electron chi connectivity index (χ0n) is 20.8. The smallest absolute Gasteiger partial charge is 0.257 e. The number of nitrogens with zero attached hydrogens (tertiary/aromatic N) is 3. The molecule has 0 radical (unpaired) electrons. The fourth-order valence-corrected chi connectivity index (χ4v) is 4.24. The maximum absolute atomic E-state index is 13.2. The Balaban J connectivity index is 1.43. The number of imidazole rings is 1. The Hall–Kier alpha value is -4.13. The van der Waals surface area contributed by atoms with Crippen molar-refractivity contribution in [1.29, 1.82) is 0 Å². The van der Waals surface area contributed by atoms with Crippen LogP contribution in [0.25, 0.3) is 5.65 Å². The van der Waals surface area contributed by atoms with Crippen LogP contribution in [0.2, 0.25) is 0 Å². The summed E-state index contributed by atoms with van der Waals surface area (Å²) in [5.74, 6) is -0.0999. The molecule has 0 fully saturated rings. The van der Waals surface area contributed by atoms with E-state index in [1.165, 1.54) is 4.90 Å². The summed E-state index contributed by atoms with van der Waals surface area (Å²) in [7, 11) is 1.61. The molecule has 0 saturated carbocycles. The minimum Gasteiger partial charge on any atom is -0.486 e. The molecule has 0 bridgehead atoms. The SMILES string of the molecule is Cc1cc(C)c(NC(=O)CN(C)C(=O)c2ccccc2OCc2cn3cccc(C)c3n2)c(C)c1. The number of hydrogen-bond donors (Lipinski definition) is 1. The number of rotatable bonds is 7. The number of para-hydroxylation sites is 1. The van der Waals surface area contributed by atoms with Crippen LogP contribution in [0.3, 0.4) is 0 Å². The van der Waals surface area contributed by atoms with Crippen LogP contribution in [0.4, 0.5) is 5.69 Å². The molecule has 4 rings (SSSR count). The van der Waals surface area contributed by atoms with Crippen LogP contribution in [-0.2, 0) is 11.4 Å². The topological polar surface area (TPSA) is 75.9 Å². The lowest BCUT2D eigenvalue weighted by molar-refractivity contribution is -0.116. The number of pyridine rings is 1. The van der Waals surface area contributed by atoms with E-state index in [0.717, 1.165) is 39.3 Å². The van der Waals surface area contributed by atoms with Crippen LogP contribution >= 0.6 is 0 Å². The number of carbonyl (C=O) groups is 2. The van der Waals surface area contributed by atoms with Crippen LogP contribution in [0.1, 0.15) is 38.3 Å². The third kappa shape index (κ3) is 5.35. The summed E-state index contributed by atoms with van der Waals surface area (Å²) in [4.78, 5) is 31.9. The molecule has 2 aromatic heterocycles. The van der Waals surface area contributed by atoms with Gasteiger partial charge in [-0.1, -0.05) is 35.9 Å². The number of benzene rings is 2. The van der Waals surface area contributed by atoms with Crippen molar-refractivity contribution in [2.75, 3.05) is 18.9 Å². The molecular formula is C28H30N4O3. The van der Waals surface area contributed by atoms with Gasteiger partial charge in [0.15, 0.2) is 0 Å². The number of fused-ring (bicyclic) bond motifs is 1. The summed E-state index contributed by atoms with van der Waals surface area (Å²) in [5.41, 5.74) is 7.01. The lowest BCUT2D eigenvalue weighted by Gasteiger charge is -2.20. The monoisotopic (exact) mass is 470 g/mol. The van der Waals surface area contributed by atoms with Crippen LogP contribution in [0, 0.1) is 27.7 Å². The molecule has 0 aliphatic carbocycles. The molecule has 4 aromatic rings. The quantitative estimate of drug-likeness (QED) is 0.419. The second-order valence-corrected chi connectivity index (χ2v) is 8.92. The number of hydrogen-bond acceptors (Lipinski definition) is 4. The molecule has 0 unspecified atom stereocenters. The molecule has 0 aliphatic heterocycles. The Labute approximate surface area is 205 Å². The predicted molar refractivity (Wildman–Crippen MR) is 137 cm³/mol. The van der Waals surface area contributed by atoms with E-state index in [-0.39, 0.29) is 25.0 Å². The van der Waals surface area contributed by atoms with Crippen molar-refractivity contribution >= 4 is 23.1 Å². The van der Waals surface area contributed by atoms with E-state index >= 15 is 0 Å². The number of ether oxygens (including phenoxy) is 1. The largest absolute Gasteiger partial charge is 0.486 e. The van der Waals surface area contributed by atoms with Gasteiger partial charge in [-0.2, -0.15) is 0 Å². The molecule has 7 nitrogen and oxygen atoms in total. The third-order valence-corrected chi connectivity index (χ3v) is 5.89. The Kier molecular flexibility index (Phi) is 6.87. The van der Waals surface area contributed by atoms with E-state index in [4.69, 9.17) is 4.74 Å². The molecule has 0 atom stereocenters. The standard InChI is InChI=1S/C28H30N4O3/c1-18-13-20(3)26(21(4)14-18)30-25(33)16-31(5)28(34)23-10-6-7-11-24(23)35-17-22-15-32-12-8-9-19(2)27(32)29-22/h6-15H,16-17H2,1-5H3,(H,30,33). The van der Waals surface area contributed by atoms with E-state index in [9.17, 15) is 9.59 Å². The molecule has 2 aromatic carbocycles. The van der Waals surface area contributed by atoms with Gasteiger partial charge in [0.1, 0.15) is 18.0 Å². The maximum atomic E-state index is 13.2. The van der Waals surface area contributed by atoms with Gasteiger partial charge in [-0.3, -0.25) is 9.59 Å². The minimum absolute atomic E-state index is 0.0777. The Bertz CT molecular complexity index is 1380. The van der Waals surface area contributed by atoms with Crippen molar-refractivity contribution in [3.8, 4) is 5.75 Å². The minimum atomic E-state index is -0.293. The van der Waals surface area contributed by atoms with Gasteiger partial charge in [0.2, 0.25) is 5.91 Å². The first kappa shape index (κ1) is 24.0. The fourth-order valence-electron chi connectivity index (χ4n) is 4.24. The first-order chi connectivity index (χ1) is 16.7. The van der Waals surface area contributed by atoms with Crippen LogP contribution in [0.15, 0.2) is 60.9 Å². The Morgan fingerprint density at radius 1 is 1.00 bits per heavy atom. The lowest BCUT2D eigenvalue weighted by Crippen LogP contribution is -2.35. The van der Waals surface area contributed by atoms with Crippen molar-refractivity contribution in [2.45, 2.75) is 34.3 Å². The number of likely N-dealkylation sites (N-methyl/N-ethyl adjacent to an activating group) is 1. The molecule has 0 spiro atoms. The van der Waals surface area contributed by atoms with Crippen LogP contribution < -0.4 is 10.1 Å². The lowest BCUT2D eigenvalue weighted by atomic mass is 10.1. The second kappa shape index (κ2) is 10.0. The molecule has 7 heteroatoms. The van der Waals surface area contributed by atoms with Crippen molar-refractivity contribution in [2.24, 2.45) is 0 Å². The fraction of sp³-hybridized carbons (Fsp3) is 0.250. The van der Waals surface area contributed by atoms with Gasteiger partial charge in [0, 0.05) is 25.1 Å². The molecule has 180 valence electrons. The Morgan fingerprint density at radius 3 is 2.43 bits per heavy atom. The highest BCUT2D eigenvalue weighted by Gasteiger charge is 2.20. The first-order valence-corrected chi connectivity index (χ1v) is 11.5. The normalized spacial score (nSPS) is 10.9. The zero-order valence-corrected chi connectivity index (χ0v) is 20.8.